The fraction of sp³-hybridized carbons (Fsp3) is 0.467. The Hall–Kier alpha value is -3.72. The van der Waals surface area contributed by atoms with Gasteiger partial charge in [-0.15, -0.1) is 4.48 Å². The number of nitrogens with one attached hydrogen (secondary N) is 1. The van der Waals surface area contributed by atoms with Gasteiger partial charge in [0.1, 0.15) is 18.2 Å². The summed E-state index contributed by atoms with van der Waals surface area (Å²) in [4.78, 5) is 54.4. The Balaban J connectivity index is 1.75. The number of likely N-dealkylation sites (tertiary alicyclic amines) is 1. The summed E-state index contributed by atoms with van der Waals surface area (Å²) < 4.78 is 10.5. The van der Waals surface area contributed by atoms with Crippen LogP contribution < -0.4 is 5.32 Å². The van der Waals surface area contributed by atoms with Crippen LogP contribution in [0.25, 0.3) is 0 Å². The number of rotatable bonds is 8. The zero-order valence-electron chi connectivity index (χ0n) is 23.5. The lowest BCUT2D eigenvalue weighted by Gasteiger charge is -2.34. The van der Waals surface area contributed by atoms with E-state index in [2.05, 4.69) is 5.32 Å². The van der Waals surface area contributed by atoms with Crippen LogP contribution in [0.5, 0.6) is 0 Å². The van der Waals surface area contributed by atoms with Crippen molar-refractivity contribution in [1.82, 2.24) is 10.2 Å². The molecule has 3 atom stereocenters. The number of nitrogens with zero attached hydrogens (tertiary/aromatic N) is 2. The van der Waals surface area contributed by atoms with Crippen LogP contribution in [0.3, 0.4) is 0 Å². The van der Waals surface area contributed by atoms with Gasteiger partial charge >= 0.3 is 18.2 Å². The number of ether oxygens (including phenoxy) is 2. The molecule has 1 aliphatic rings. The van der Waals surface area contributed by atoms with E-state index in [1.54, 1.807) is 20.8 Å². The quantitative estimate of drug-likeness (QED) is 0.471. The molecule has 1 N–H and O–H groups in total. The molecule has 2 aromatic carbocycles. The standard InChI is InChI=1S/C30H39N3O6/c1-22-13-12-18-33(22,29(37)38-21-24-16-10-7-11-17-24)28(36)32(5)20-26(34)25(19-23-14-8-6-9-15-23)31-27(35)39-30(2,3)4/h6-11,14-17,22,25H,12-13,18-21H2,1-5H3/p+1/t22-,25+,33?/m1/s1. The summed E-state index contributed by atoms with van der Waals surface area (Å²) in [6.45, 7) is 7.15. The van der Waals surface area contributed by atoms with Gasteiger partial charge in [-0.25, -0.2) is 9.59 Å². The highest BCUT2D eigenvalue weighted by molar-refractivity contribution is 5.92. The van der Waals surface area contributed by atoms with Crippen molar-refractivity contribution in [3.8, 4) is 0 Å². The number of imide groups is 1. The molecule has 1 aliphatic heterocycles. The highest BCUT2D eigenvalue weighted by Gasteiger charge is 2.55. The molecular formula is C30H40N3O6+. The molecule has 210 valence electrons. The third kappa shape index (κ3) is 7.89. The summed E-state index contributed by atoms with van der Waals surface area (Å²) in [7, 11) is 1.50. The van der Waals surface area contributed by atoms with E-state index in [-0.39, 0.29) is 31.4 Å². The van der Waals surface area contributed by atoms with Gasteiger partial charge in [-0.05, 0) is 45.2 Å². The molecule has 1 heterocycles. The molecule has 0 aromatic heterocycles. The number of ketones is 1. The Kier molecular flexibility index (Phi) is 9.86. The van der Waals surface area contributed by atoms with E-state index in [1.807, 2.05) is 67.6 Å². The van der Waals surface area contributed by atoms with E-state index >= 15 is 0 Å². The third-order valence-electron chi connectivity index (χ3n) is 6.84. The number of hydrogen-bond donors (Lipinski definition) is 1. The van der Waals surface area contributed by atoms with Crippen LogP contribution in [-0.2, 0) is 27.3 Å². The van der Waals surface area contributed by atoms with Crippen LogP contribution in [-0.4, -0.2) is 71.2 Å². The minimum atomic E-state index is -0.924. The lowest BCUT2D eigenvalue weighted by molar-refractivity contribution is -0.791. The predicted molar refractivity (Wildman–Crippen MR) is 147 cm³/mol. The fourth-order valence-electron chi connectivity index (χ4n) is 4.81. The van der Waals surface area contributed by atoms with Crippen molar-refractivity contribution in [3.63, 3.8) is 0 Å². The number of Topliss-reactive ketones (excluding diaryl/α,β-unsaturated/α-hetero) is 1. The van der Waals surface area contributed by atoms with Crippen LogP contribution in [0.1, 0.15) is 51.7 Å². The molecule has 0 spiro atoms. The molecule has 1 saturated heterocycles. The summed E-state index contributed by atoms with van der Waals surface area (Å²) in [5, 5.41) is 2.67. The smallest absolute Gasteiger partial charge is 0.444 e. The van der Waals surface area contributed by atoms with Crippen molar-refractivity contribution in [2.45, 2.75) is 71.2 Å². The second kappa shape index (κ2) is 12.9. The largest absolute Gasteiger partial charge is 0.525 e. The SMILES string of the molecule is C[C@@H]1CCC[N+]1(C(=O)OCc1ccccc1)C(=O)N(C)CC(=O)[C@H](Cc1ccccc1)NC(=O)OC(C)(C)C. The van der Waals surface area contributed by atoms with Crippen LogP contribution in [0.15, 0.2) is 60.7 Å². The van der Waals surface area contributed by atoms with Crippen molar-refractivity contribution < 1.29 is 33.1 Å². The second-order valence-corrected chi connectivity index (χ2v) is 11.1. The van der Waals surface area contributed by atoms with E-state index in [9.17, 15) is 19.2 Å². The highest BCUT2D eigenvalue weighted by atomic mass is 16.6. The summed E-state index contributed by atoms with van der Waals surface area (Å²) in [6, 6.07) is 16.9. The minimum Gasteiger partial charge on any atom is -0.444 e. The summed E-state index contributed by atoms with van der Waals surface area (Å²) >= 11 is 0. The van der Waals surface area contributed by atoms with Crippen LogP contribution in [0.2, 0.25) is 0 Å². The molecule has 9 heteroatoms. The Morgan fingerprint density at radius 1 is 1.00 bits per heavy atom. The Morgan fingerprint density at radius 2 is 1.59 bits per heavy atom. The summed E-state index contributed by atoms with van der Waals surface area (Å²) in [5.41, 5.74) is 0.936. The van der Waals surface area contributed by atoms with Crippen molar-refractivity contribution >= 4 is 24.0 Å². The number of urea groups is 1. The number of alkyl carbamates (subject to hydrolysis) is 1. The molecule has 0 radical (unpaired) electrons. The number of benzene rings is 2. The van der Waals surface area contributed by atoms with Gasteiger partial charge in [0.25, 0.3) is 0 Å². The molecule has 39 heavy (non-hydrogen) atoms. The first kappa shape index (κ1) is 29.8. The molecule has 1 unspecified atom stereocenters. The maximum absolute atomic E-state index is 13.8. The number of carbonyl (C=O) groups is 4. The number of likely N-dealkylation sites (N-methyl/N-ethyl adjacent to an activating group) is 1. The molecule has 0 aliphatic carbocycles. The van der Waals surface area contributed by atoms with E-state index < -0.39 is 34.3 Å². The molecular weight excluding hydrogens is 498 g/mol. The van der Waals surface area contributed by atoms with Crippen LogP contribution in [0, 0.1) is 0 Å². The summed E-state index contributed by atoms with van der Waals surface area (Å²) in [5.74, 6) is -0.372. The van der Waals surface area contributed by atoms with E-state index in [0.717, 1.165) is 11.1 Å². The van der Waals surface area contributed by atoms with E-state index in [1.165, 1.54) is 11.9 Å². The predicted octanol–water partition coefficient (Wildman–Crippen LogP) is 5.08. The van der Waals surface area contributed by atoms with Gasteiger partial charge in [0.15, 0.2) is 5.78 Å². The first-order valence-electron chi connectivity index (χ1n) is 13.3. The van der Waals surface area contributed by atoms with Crippen molar-refractivity contribution in [1.29, 1.82) is 0 Å². The van der Waals surface area contributed by atoms with Crippen molar-refractivity contribution in [2.75, 3.05) is 20.1 Å². The lowest BCUT2D eigenvalue weighted by atomic mass is 10.0. The van der Waals surface area contributed by atoms with Gasteiger partial charge in [0.05, 0.1) is 19.1 Å². The maximum atomic E-state index is 13.8. The zero-order valence-corrected chi connectivity index (χ0v) is 23.5. The van der Waals surface area contributed by atoms with Gasteiger partial charge in [-0.2, -0.15) is 4.79 Å². The molecule has 0 saturated carbocycles. The number of quaternary nitrogens is 1. The molecule has 2 aromatic rings. The van der Waals surface area contributed by atoms with Crippen LogP contribution >= 0.6 is 0 Å². The lowest BCUT2D eigenvalue weighted by Crippen LogP contribution is -2.63. The number of carbonyl (C=O) groups excluding carboxylic acids is 4. The average molecular weight is 539 g/mol. The fourth-order valence-corrected chi connectivity index (χ4v) is 4.81. The number of hydrogen-bond acceptors (Lipinski definition) is 6. The normalized spacial score (nSPS) is 19.6. The van der Waals surface area contributed by atoms with Crippen LogP contribution in [0.4, 0.5) is 14.4 Å². The monoisotopic (exact) mass is 538 g/mol. The van der Waals surface area contributed by atoms with Crippen molar-refractivity contribution in [3.05, 3.63) is 71.8 Å². The first-order chi connectivity index (χ1) is 18.4. The molecule has 9 nitrogen and oxygen atoms in total. The van der Waals surface area contributed by atoms with Gasteiger partial charge < -0.3 is 14.8 Å². The Morgan fingerprint density at radius 3 is 2.13 bits per heavy atom. The first-order valence-corrected chi connectivity index (χ1v) is 13.3. The van der Waals surface area contributed by atoms with Gasteiger partial charge in [-0.3, -0.25) is 9.69 Å². The third-order valence-corrected chi connectivity index (χ3v) is 6.84. The number of amides is 4. The average Bonchev–Trinajstić information content (AvgIpc) is 3.28. The molecule has 0 bridgehead atoms. The second-order valence-electron chi connectivity index (χ2n) is 11.1. The summed E-state index contributed by atoms with van der Waals surface area (Å²) in [6.07, 6.45) is 0.264. The van der Waals surface area contributed by atoms with Crippen molar-refractivity contribution in [2.24, 2.45) is 0 Å². The van der Waals surface area contributed by atoms with Gasteiger partial charge in [-0.1, -0.05) is 60.7 Å². The highest BCUT2D eigenvalue weighted by Crippen LogP contribution is 2.31. The molecule has 4 amide bonds. The van der Waals surface area contributed by atoms with Gasteiger partial charge in [0.2, 0.25) is 0 Å². The molecule has 1 fully saturated rings. The Bertz CT molecular complexity index is 1150. The van der Waals surface area contributed by atoms with Gasteiger partial charge in [0, 0.05) is 19.9 Å². The maximum Gasteiger partial charge on any atom is 0.525 e. The zero-order chi connectivity index (χ0) is 28.6. The van der Waals surface area contributed by atoms with E-state index in [0.29, 0.717) is 19.4 Å². The topological polar surface area (TPSA) is 102 Å². The van der Waals surface area contributed by atoms with E-state index in [4.69, 9.17) is 9.47 Å². The molecule has 3 rings (SSSR count). The minimum absolute atomic E-state index is 0.0568. The Labute approximate surface area is 230 Å².